The number of urea groups is 1. The number of amides is 5. The van der Waals surface area contributed by atoms with Gasteiger partial charge in [-0.05, 0) is 25.5 Å². The van der Waals surface area contributed by atoms with Gasteiger partial charge in [0.2, 0.25) is 5.91 Å². The van der Waals surface area contributed by atoms with Crippen molar-refractivity contribution in [2.45, 2.75) is 19.9 Å². The van der Waals surface area contributed by atoms with Gasteiger partial charge in [-0.3, -0.25) is 24.6 Å². The van der Waals surface area contributed by atoms with Gasteiger partial charge in [-0.25, -0.2) is 4.79 Å². The lowest BCUT2D eigenvalue weighted by Gasteiger charge is -2.24. The van der Waals surface area contributed by atoms with Gasteiger partial charge in [0.05, 0.1) is 0 Å². The molecule has 5 amide bonds. The molecular formula is C21H24N4O5. The number of hydrogen-bond donors (Lipinski definition) is 2. The fourth-order valence-electron chi connectivity index (χ4n) is 3.31. The van der Waals surface area contributed by atoms with Crippen LogP contribution in [0.4, 0.5) is 4.79 Å². The highest BCUT2D eigenvalue weighted by molar-refractivity contribution is 6.31. The number of rotatable bonds is 8. The van der Waals surface area contributed by atoms with E-state index >= 15 is 0 Å². The highest BCUT2D eigenvalue weighted by Gasteiger charge is 2.34. The van der Waals surface area contributed by atoms with Crippen molar-refractivity contribution in [1.29, 1.82) is 0 Å². The van der Waals surface area contributed by atoms with E-state index in [9.17, 15) is 19.2 Å². The van der Waals surface area contributed by atoms with E-state index in [1.807, 2.05) is 24.3 Å². The summed E-state index contributed by atoms with van der Waals surface area (Å²) in [7, 11) is 1.61. The van der Waals surface area contributed by atoms with Crippen molar-refractivity contribution in [2.75, 3.05) is 26.8 Å². The predicted molar refractivity (Wildman–Crippen MR) is 110 cm³/mol. The molecule has 9 heteroatoms. The molecule has 2 aromatic rings. The molecule has 0 spiro atoms. The second kappa shape index (κ2) is 9.36. The van der Waals surface area contributed by atoms with E-state index in [4.69, 9.17) is 4.74 Å². The molecule has 30 heavy (non-hydrogen) atoms. The Morgan fingerprint density at radius 3 is 2.73 bits per heavy atom. The van der Waals surface area contributed by atoms with Crippen LogP contribution in [0.25, 0.3) is 17.0 Å². The highest BCUT2D eigenvalue weighted by Crippen LogP contribution is 2.25. The van der Waals surface area contributed by atoms with Crippen molar-refractivity contribution in [3.8, 4) is 0 Å². The smallest absolute Gasteiger partial charge is 0.331 e. The van der Waals surface area contributed by atoms with Crippen molar-refractivity contribution < 1.29 is 23.9 Å². The molecule has 0 unspecified atom stereocenters. The Balaban J connectivity index is 1.89. The third kappa shape index (κ3) is 4.41. The van der Waals surface area contributed by atoms with E-state index in [-0.39, 0.29) is 24.6 Å². The summed E-state index contributed by atoms with van der Waals surface area (Å²) >= 11 is 0. The van der Waals surface area contributed by atoms with Crippen molar-refractivity contribution in [3.63, 3.8) is 0 Å². The van der Waals surface area contributed by atoms with Crippen LogP contribution in [0.1, 0.15) is 18.9 Å². The topological polar surface area (TPSA) is 110 Å². The minimum Gasteiger partial charge on any atom is -0.385 e. The summed E-state index contributed by atoms with van der Waals surface area (Å²) in [6.07, 6.45) is 3.90. The molecule has 1 saturated heterocycles. The number of fused-ring (bicyclic) bond motifs is 1. The zero-order valence-electron chi connectivity index (χ0n) is 16.9. The Morgan fingerprint density at radius 1 is 1.23 bits per heavy atom. The first-order valence-corrected chi connectivity index (χ1v) is 9.68. The molecular weight excluding hydrogens is 388 g/mol. The Hall–Kier alpha value is -3.46. The lowest BCUT2D eigenvalue weighted by atomic mass is 10.1. The molecule has 2 N–H and O–H groups in total. The van der Waals surface area contributed by atoms with Crippen LogP contribution in [0, 0.1) is 0 Å². The number of aromatic nitrogens is 1. The quantitative estimate of drug-likeness (QED) is 0.386. The number of methoxy groups -OCH3 is 1. The monoisotopic (exact) mass is 412 g/mol. The molecule has 1 fully saturated rings. The number of likely N-dealkylation sites (N-methyl/N-ethyl adjacent to an activating group) is 1. The van der Waals surface area contributed by atoms with Crippen LogP contribution in [-0.4, -0.2) is 60.0 Å². The number of ether oxygens (including phenoxy) is 1. The number of nitrogens with one attached hydrogen (secondary N) is 2. The zero-order chi connectivity index (χ0) is 21.7. The number of benzene rings is 1. The number of nitrogens with zero attached hydrogens (tertiary/aromatic N) is 2. The van der Waals surface area contributed by atoms with E-state index in [1.165, 1.54) is 6.08 Å². The zero-order valence-corrected chi connectivity index (χ0v) is 16.9. The van der Waals surface area contributed by atoms with Crippen LogP contribution in [0.2, 0.25) is 0 Å². The summed E-state index contributed by atoms with van der Waals surface area (Å²) in [4.78, 5) is 49.9. The van der Waals surface area contributed by atoms with Crippen LogP contribution in [-0.2, 0) is 25.7 Å². The second-order valence-electron chi connectivity index (χ2n) is 6.79. The molecule has 2 heterocycles. The fraction of sp³-hybridized carbons (Fsp3) is 0.333. The SMILES string of the molecule is CCN1C(=O)NC(=O)C(=Cc2cn(CC(=O)NCCCOC)c3ccccc23)C1=O. The fourth-order valence-corrected chi connectivity index (χ4v) is 3.31. The number of para-hydroxylation sites is 1. The summed E-state index contributed by atoms with van der Waals surface area (Å²) in [5, 5.41) is 5.81. The average molecular weight is 412 g/mol. The van der Waals surface area contributed by atoms with Gasteiger partial charge in [0.1, 0.15) is 12.1 Å². The maximum absolute atomic E-state index is 12.6. The van der Waals surface area contributed by atoms with Gasteiger partial charge in [-0.1, -0.05) is 18.2 Å². The maximum Gasteiger partial charge on any atom is 0.331 e. The molecule has 0 saturated carbocycles. The normalized spacial score (nSPS) is 15.7. The van der Waals surface area contributed by atoms with Gasteiger partial charge >= 0.3 is 6.03 Å². The summed E-state index contributed by atoms with van der Waals surface area (Å²) < 4.78 is 6.73. The van der Waals surface area contributed by atoms with E-state index in [0.717, 1.165) is 22.2 Å². The minimum atomic E-state index is -0.734. The number of imide groups is 2. The van der Waals surface area contributed by atoms with Gasteiger partial charge < -0.3 is 14.6 Å². The number of barbiturate groups is 1. The summed E-state index contributed by atoms with van der Waals surface area (Å²) in [5.74, 6) is -1.53. The van der Waals surface area contributed by atoms with Gasteiger partial charge in [-0.15, -0.1) is 0 Å². The van der Waals surface area contributed by atoms with Crippen LogP contribution in [0.3, 0.4) is 0 Å². The highest BCUT2D eigenvalue weighted by atomic mass is 16.5. The first kappa shape index (κ1) is 21.3. The van der Waals surface area contributed by atoms with Gasteiger partial charge in [0.25, 0.3) is 11.8 Å². The molecule has 0 aliphatic carbocycles. The molecule has 0 atom stereocenters. The van der Waals surface area contributed by atoms with Crippen LogP contribution in [0.5, 0.6) is 0 Å². The molecule has 1 aromatic carbocycles. The van der Waals surface area contributed by atoms with Crippen LogP contribution < -0.4 is 10.6 Å². The predicted octanol–water partition coefficient (Wildman–Crippen LogP) is 1.28. The second-order valence-corrected chi connectivity index (χ2v) is 6.79. The van der Waals surface area contributed by atoms with E-state index in [1.54, 1.807) is 24.8 Å². The Morgan fingerprint density at radius 2 is 2.00 bits per heavy atom. The molecule has 1 aromatic heterocycles. The average Bonchev–Trinajstić information content (AvgIpc) is 3.06. The van der Waals surface area contributed by atoms with E-state index in [0.29, 0.717) is 18.7 Å². The van der Waals surface area contributed by atoms with E-state index < -0.39 is 17.8 Å². The first-order valence-electron chi connectivity index (χ1n) is 9.68. The maximum atomic E-state index is 12.6. The summed E-state index contributed by atoms with van der Waals surface area (Å²) in [6, 6.07) is 6.67. The van der Waals surface area contributed by atoms with Crippen molar-refractivity contribution >= 4 is 40.7 Å². The van der Waals surface area contributed by atoms with Crippen molar-refractivity contribution in [3.05, 3.63) is 41.6 Å². The first-order chi connectivity index (χ1) is 14.5. The number of carbonyl (C=O) groups excluding carboxylic acids is 4. The molecule has 0 bridgehead atoms. The largest absolute Gasteiger partial charge is 0.385 e. The molecule has 158 valence electrons. The van der Waals surface area contributed by atoms with Crippen molar-refractivity contribution in [2.24, 2.45) is 0 Å². The van der Waals surface area contributed by atoms with Crippen molar-refractivity contribution in [1.82, 2.24) is 20.1 Å². The van der Waals surface area contributed by atoms with Crippen LogP contribution >= 0.6 is 0 Å². The van der Waals surface area contributed by atoms with Gasteiger partial charge in [0.15, 0.2) is 0 Å². The third-order valence-corrected chi connectivity index (χ3v) is 4.78. The minimum absolute atomic E-state index is 0.0936. The lowest BCUT2D eigenvalue weighted by molar-refractivity contribution is -0.130. The third-order valence-electron chi connectivity index (χ3n) is 4.78. The molecule has 9 nitrogen and oxygen atoms in total. The number of hydrogen-bond acceptors (Lipinski definition) is 5. The Kier molecular flexibility index (Phi) is 6.63. The summed E-state index contributed by atoms with van der Waals surface area (Å²) in [6.45, 7) is 2.98. The molecule has 0 radical (unpaired) electrons. The number of carbonyl (C=O) groups is 4. The molecule has 1 aliphatic rings. The van der Waals surface area contributed by atoms with Crippen LogP contribution in [0.15, 0.2) is 36.0 Å². The molecule has 1 aliphatic heterocycles. The lowest BCUT2D eigenvalue weighted by Crippen LogP contribution is -2.53. The van der Waals surface area contributed by atoms with Gasteiger partial charge in [-0.2, -0.15) is 0 Å². The Labute approximate surface area is 173 Å². The molecule has 3 rings (SSSR count). The summed E-state index contributed by atoms with van der Waals surface area (Å²) in [5.41, 5.74) is 1.29. The van der Waals surface area contributed by atoms with Gasteiger partial charge in [0, 0.05) is 49.5 Å². The van der Waals surface area contributed by atoms with E-state index in [2.05, 4.69) is 10.6 Å². The Bertz CT molecular complexity index is 1020. The standard InChI is InChI=1S/C21H24N4O5/c1-3-25-20(28)16(19(27)23-21(25)29)11-14-12-24(17-8-5-4-7-15(14)17)13-18(26)22-9-6-10-30-2/h4-5,7-8,11-12H,3,6,9-10,13H2,1-2H3,(H,22,26)(H,23,27,29).